The van der Waals surface area contributed by atoms with Crippen LogP contribution in [-0.2, 0) is 0 Å². The Hall–Kier alpha value is -1.62. The molecule has 5 heteroatoms. The Labute approximate surface area is 94.6 Å². The molecule has 0 saturated carbocycles. The average Bonchev–Trinajstić information content (AvgIpc) is 2.64. The Bertz CT molecular complexity index is 393. The molecule has 0 aliphatic carbocycles. The fraction of sp³-hybridized carbons (Fsp3) is 0.455. The summed E-state index contributed by atoms with van der Waals surface area (Å²) in [6, 6.07) is 3.62. The Balaban J connectivity index is 2.01. The van der Waals surface area contributed by atoms with Gasteiger partial charge in [0, 0.05) is 18.8 Å². The number of aromatic nitrogens is 1. The third kappa shape index (κ3) is 2.30. The zero-order chi connectivity index (χ0) is 11.5. The molecule has 1 aliphatic heterocycles. The van der Waals surface area contributed by atoms with Gasteiger partial charge in [0.25, 0.3) is 5.91 Å². The van der Waals surface area contributed by atoms with E-state index in [-0.39, 0.29) is 17.8 Å². The van der Waals surface area contributed by atoms with Gasteiger partial charge in [0.05, 0.1) is 5.56 Å². The number of pyridine rings is 1. The summed E-state index contributed by atoms with van der Waals surface area (Å²) in [6.45, 7) is 1.92. The molecule has 1 fully saturated rings. The normalized spacial score (nSPS) is 20.9. The van der Waals surface area contributed by atoms with Gasteiger partial charge in [-0.1, -0.05) is 0 Å². The van der Waals surface area contributed by atoms with Gasteiger partial charge in [-0.2, -0.15) is 0 Å². The molecule has 1 aliphatic rings. The third-order valence-corrected chi connectivity index (χ3v) is 2.81. The number of likely N-dealkylation sites (tertiary alicyclic amines) is 1. The van der Waals surface area contributed by atoms with Crippen molar-refractivity contribution in [3.63, 3.8) is 0 Å². The van der Waals surface area contributed by atoms with Crippen LogP contribution < -0.4 is 11.1 Å². The van der Waals surface area contributed by atoms with E-state index in [1.165, 1.54) is 0 Å². The summed E-state index contributed by atoms with van der Waals surface area (Å²) in [4.78, 5) is 18.0. The lowest BCUT2D eigenvalue weighted by atomic mass is 10.2. The summed E-state index contributed by atoms with van der Waals surface area (Å²) in [7, 11) is 2.05. The molecule has 0 spiro atoms. The van der Waals surface area contributed by atoms with Crippen molar-refractivity contribution in [2.75, 3.05) is 25.9 Å². The van der Waals surface area contributed by atoms with Gasteiger partial charge in [0.1, 0.15) is 5.82 Å². The van der Waals surface area contributed by atoms with Crippen LogP contribution in [0.2, 0.25) is 0 Å². The van der Waals surface area contributed by atoms with Crippen LogP contribution in [-0.4, -0.2) is 42.0 Å². The van der Waals surface area contributed by atoms with E-state index >= 15 is 0 Å². The second-order valence-corrected chi connectivity index (χ2v) is 4.16. The lowest BCUT2D eigenvalue weighted by molar-refractivity contribution is 0.0939. The molecule has 3 N–H and O–H groups in total. The van der Waals surface area contributed by atoms with E-state index in [4.69, 9.17) is 5.73 Å². The summed E-state index contributed by atoms with van der Waals surface area (Å²) in [5.74, 6) is 0.150. The van der Waals surface area contributed by atoms with Gasteiger partial charge >= 0.3 is 0 Å². The van der Waals surface area contributed by atoms with Crippen molar-refractivity contribution in [1.82, 2.24) is 15.2 Å². The molecule has 1 aromatic heterocycles. The zero-order valence-electron chi connectivity index (χ0n) is 9.31. The van der Waals surface area contributed by atoms with E-state index < -0.39 is 0 Å². The smallest absolute Gasteiger partial charge is 0.255 e. The van der Waals surface area contributed by atoms with Crippen LogP contribution in [0.25, 0.3) is 0 Å². The number of anilines is 1. The highest BCUT2D eigenvalue weighted by Gasteiger charge is 2.22. The van der Waals surface area contributed by atoms with Gasteiger partial charge in [-0.15, -0.1) is 0 Å². The van der Waals surface area contributed by atoms with Crippen LogP contribution in [0.3, 0.4) is 0 Å². The summed E-state index contributed by atoms with van der Waals surface area (Å²) in [5.41, 5.74) is 6.10. The molecule has 1 amide bonds. The molecule has 5 nitrogen and oxygen atoms in total. The van der Waals surface area contributed by atoms with E-state index in [0.717, 1.165) is 19.5 Å². The van der Waals surface area contributed by atoms with Gasteiger partial charge in [-0.25, -0.2) is 4.98 Å². The summed E-state index contributed by atoms with van der Waals surface area (Å²) in [6.07, 6.45) is 2.57. The van der Waals surface area contributed by atoms with Crippen LogP contribution in [0.1, 0.15) is 16.8 Å². The fourth-order valence-electron chi connectivity index (χ4n) is 1.93. The minimum atomic E-state index is -0.133. The minimum absolute atomic E-state index is 0.133. The van der Waals surface area contributed by atoms with Crippen molar-refractivity contribution in [1.29, 1.82) is 0 Å². The molecule has 86 valence electrons. The standard InChI is InChI=1S/C11H16N4O/c1-15-6-4-8(7-15)14-11(16)9-3-2-5-13-10(9)12/h2-3,5,8H,4,6-7H2,1H3,(H2,12,13)(H,14,16). The maximum atomic E-state index is 11.9. The summed E-state index contributed by atoms with van der Waals surface area (Å²) in [5, 5.41) is 2.97. The zero-order valence-corrected chi connectivity index (χ0v) is 9.31. The Morgan fingerprint density at radius 3 is 3.12 bits per heavy atom. The molecule has 1 saturated heterocycles. The molecule has 1 atom stereocenters. The van der Waals surface area contributed by atoms with Crippen molar-refractivity contribution in [2.24, 2.45) is 0 Å². The van der Waals surface area contributed by atoms with Gasteiger partial charge in [0.15, 0.2) is 0 Å². The van der Waals surface area contributed by atoms with Crippen LogP contribution in [0.4, 0.5) is 5.82 Å². The number of nitrogen functional groups attached to an aromatic ring is 1. The van der Waals surface area contributed by atoms with Crippen LogP contribution >= 0.6 is 0 Å². The highest BCUT2D eigenvalue weighted by atomic mass is 16.1. The van der Waals surface area contributed by atoms with Crippen molar-refractivity contribution >= 4 is 11.7 Å². The number of nitrogens with zero attached hydrogens (tertiary/aromatic N) is 2. The average molecular weight is 220 g/mol. The van der Waals surface area contributed by atoms with Gasteiger partial charge in [0.2, 0.25) is 0 Å². The largest absolute Gasteiger partial charge is 0.383 e. The summed E-state index contributed by atoms with van der Waals surface area (Å²) >= 11 is 0. The molecule has 2 heterocycles. The number of rotatable bonds is 2. The maximum absolute atomic E-state index is 11.9. The second-order valence-electron chi connectivity index (χ2n) is 4.16. The molecule has 0 aromatic carbocycles. The Kier molecular flexibility index (Phi) is 3.05. The third-order valence-electron chi connectivity index (χ3n) is 2.81. The maximum Gasteiger partial charge on any atom is 0.255 e. The number of nitrogens with two attached hydrogens (primary N) is 1. The van der Waals surface area contributed by atoms with Gasteiger partial charge in [-0.05, 0) is 32.1 Å². The summed E-state index contributed by atoms with van der Waals surface area (Å²) < 4.78 is 0. The number of hydrogen-bond acceptors (Lipinski definition) is 4. The number of hydrogen-bond donors (Lipinski definition) is 2. The Morgan fingerprint density at radius 1 is 1.69 bits per heavy atom. The number of carbonyl (C=O) groups excluding carboxylic acids is 1. The molecular formula is C11H16N4O. The fourth-order valence-corrected chi connectivity index (χ4v) is 1.93. The van der Waals surface area contributed by atoms with Crippen molar-refractivity contribution in [3.8, 4) is 0 Å². The van der Waals surface area contributed by atoms with Crippen molar-refractivity contribution in [3.05, 3.63) is 23.9 Å². The molecule has 0 bridgehead atoms. The second kappa shape index (κ2) is 4.49. The number of amides is 1. The number of likely N-dealkylation sites (N-methyl/N-ethyl adjacent to an activating group) is 1. The first-order valence-corrected chi connectivity index (χ1v) is 5.36. The molecule has 16 heavy (non-hydrogen) atoms. The lowest BCUT2D eigenvalue weighted by Crippen LogP contribution is -2.36. The van der Waals surface area contributed by atoms with E-state index in [9.17, 15) is 4.79 Å². The highest BCUT2D eigenvalue weighted by molar-refractivity contribution is 5.98. The van der Waals surface area contributed by atoms with Crippen molar-refractivity contribution < 1.29 is 4.79 Å². The number of nitrogens with one attached hydrogen (secondary N) is 1. The van der Waals surface area contributed by atoms with Crippen LogP contribution in [0.15, 0.2) is 18.3 Å². The minimum Gasteiger partial charge on any atom is -0.383 e. The first-order valence-electron chi connectivity index (χ1n) is 5.36. The highest BCUT2D eigenvalue weighted by Crippen LogP contribution is 2.10. The first-order chi connectivity index (χ1) is 7.66. The van der Waals surface area contributed by atoms with Gasteiger partial charge < -0.3 is 16.0 Å². The van der Waals surface area contributed by atoms with E-state index in [0.29, 0.717) is 5.56 Å². The Morgan fingerprint density at radius 2 is 2.50 bits per heavy atom. The first kappa shape index (κ1) is 10.9. The number of carbonyl (C=O) groups is 1. The molecule has 1 aromatic rings. The SMILES string of the molecule is CN1CCC(NC(=O)c2cccnc2N)C1. The quantitative estimate of drug-likeness (QED) is 0.741. The molecule has 0 radical (unpaired) electrons. The molecule has 2 rings (SSSR count). The monoisotopic (exact) mass is 220 g/mol. The van der Waals surface area contributed by atoms with Crippen LogP contribution in [0, 0.1) is 0 Å². The predicted molar refractivity (Wildman–Crippen MR) is 62.0 cm³/mol. The predicted octanol–water partition coefficient (Wildman–Crippen LogP) is 0.0977. The molecular weight excluding hydrogens is 204 g/mol. The van der Waals surface area contributed by atoms with Crippen LogP contribution in [0.5, 0.6) is 0 Å². The molecule has 1 unspecified atom stereocenters. The van der Waals surface area contributed by atoms with E-state index in [2.05, 4.69) is 15.2 Å². The van der Waals surface area contributed by atoms with Gasteiger partial charge in [-0.3, -0.25) is 4.79 Å². The topological polar surface area (TPSA) is 71.2 Å². The van der Waals surface area contributed by atoms with E-state index in [1.807, 2.05) is 7.05 Å². The lowest BCUT2D eigenvalue weighted by Gasteiger charge is -2.13. The van der Waals surface area contributed by atoms with E-state index in [1.54, 1.807) is 18.3 Å². The van der Waals surface area contributed by atoms with Crippen molar-refractivity contribution in [2.45, 2.75) is 12.5 Å².